The highest BCUT2D eigenvalue weighted by atomic mass is 32.2. The maximum atomic E-state index is 12.8. The van der Waals surface area contributed by atoms with E-state index in [9.17, 15) is 13.2 Å². The monoisotopic (exact) mass is 394 g/mol. The number of aromatic nitrogens is 1. The molecule has 2 aromatic rings. The van der Waals surface area contributed by atoms with Crippen molar-refractivity contribution >= 4 is 38.1 Å². The van der Waals surface area contributed by atoms with E-state index in [4.69, 9.17) is 0 Å². The molecule has 1 aliphatic rings. The van der Waals surface area contributed by atoms with Crippen LogP contribution in [0.15, 0.2) is 34.7 Å². The first-order chi connectivity index (χ1) is 12.4. The molecule has 1 N–H and O–H groups in total. The Bertz CT molecular complexity index is 873. The van der Waals surface area contributed by atoms with Crippen LogP contribution in [0.4, 0.5) is 10.8 Å². The summed E-state index contributed by atoms with van der Waals surface area (Å²) in [5.74, 6) is -0.351. The van der Waals surface area contributed by atoms with Crippen LogP contribution in [0.3, 0.4) is 0 Å². The molecule has 3 rings (SSSR count). The first-order valence-electron chi connectivity index (χ1n) is 8.42. The Hall–Kier alpha value is -1.97. The van der Waals surface area contributed by atoms with Gasteiger partial charge in [0, 0.05) is 44.4 Å². The van der Waals surface area contributed by atoms with Gasteiger partial charge in [0.15, 0.2) is 5.13 Å². The van der Waals surface area contributed by atoms with Gasteiger partial charge in [-0.15, -0.1) is 11.3 Å². The SMILES string of the molecule is CN(C)S(=O)(=O)c1ccc(N2CCCCC2)c(C(=O)Nc2nccs2)c1. The number of amides is 1. The molecule has 0 radical (unpaired) electrons. The second-order valence-corrected chi connectivity index (χ2v) is 9.35. The number of benzene rings is 1. The zero-order valence-electron chi connectivity index (χ0n) is 14.8. The quantitative estimate of drug-likeness (QED) is 0.843. The van der Waals surface area contributed by atoms with Gasteiger partial charge >= 0.3 is 0 Å². The summed E-state index contributed by atoms with van der Waals surface area (Å²) in [5, 5.41) is 5.02. The summed E-state index contributed by atoms with van der Waals surface area (Å²) in [6, 6.07) is 4.76. The first kappa shape index (κ1) is 18.8. The van der Waals surface area contributed by atoms with Crippen LogP contribution in [0.25, 0.3) is 0 Å². The lowest BCUT2D eigenvalue weighted by Gasteiger charge is -2.30. The molecule has 1 aromatic heterocycles. The zero-order chi connectivity index (χ0) is 18.7. The van der Waals surface area contributed by atoms with Crippen molar-refractivity contribution in [2.75, 3.05) is 37.4 Å². The maximum Gasteiger partial charge on any atom is 0.259 e. The normalized spacial score (nSPS) is 15.3. The molecule has 1 aliphatic heterocycles. The van der Waals surface area contributed by atoms with Gasteiger partial charge in [-0.1, -0.05) is 0 Å². The third-order valence-electron chi connectivity index (χ3n) is 4.34. The van der Waals surface area contributed by atoms with Crippen LogP contribution in [-0.4, -0.2) is 50.8 Å². The number of hydrogen-bond donors (Lipinski definition) is 1. The van der Waals surface area contributed by atoms with Gasteiger partial charge < -0.3 is 4.90 Å². The molecule has 7 nitrogen and oxygen atoms in total. The fourth-order valence-corrected chi connectivity index (χ4v) is 4.38. The lowest BCUT2D eigenvalue weighted by atomic mass is 10.1. The van der Waals surface area contributed by atoms with Crippen LogP contribution in [-0.2, 0) is 10.0 Å². The van der Waals surface area contributed by atoms with Gasteiger partial charge in [0.2, 0.25) is 10.0 Å². The smallest absolute Gasteiger partial charge is 0.259 e. The van der Waals surface area contributed by atoms with Crippen LogP contribution in [0, 0.1) is 0 Å². The molecule has 0 bridgehead atoms. The fraction of sp³-hybridized carbons (Fsp3) is 0.412. The Balaban J connectivity index is 2.02. The van der Waals surface area contributed by atoms with Gasteiger partial charge in [-0.05, 0) is 37.5 Å². The minimum Gasteiger partial charge on any atom is -0.371 e. The van der Waals surface area contributed by atoms with E-state index in [1.807, 2.05) is 0 Å². The molecule has 0 saturated carbocycles. The van der Waals surface area contributed by atoms with Crippen LogP contribution >= 0.6 is 11.3 Å². The third kappa shape index (κ3) is 3.89. The number of anilines is 2. The number of carbonyl (C=O) groups excluding carboxylic acids is 1. The topological polar surface area (TPSA) is 82.6 Å². The van der Waals surface area contributed by atoms with Gasteiger partial charge in [0.25, 0.3) is 5.91 Å². The summed E-state index contributed by atoms with van der Waals surface area (Å²) in [4.78, 5) is 19.2. The molecule has 1 amide bonds. The van der Waals surface area contributed by atoms with Crippen LogP contribution in [0.5, 0.6) is 0 Å². The van der Waals surface area contributed by atoms with Crippen molar-refractivity contribution in [3.63, 3.8) is 0 Å². The number of piperidine rings is 1. The van der Waals surface area contributed by atoms with Crippen LogP contribution < -0.4 is 10.2 Å². The molecule has 1 saturated heterocycles. The Labute approximate surface area is 157 Å². The average molecular weight is 395 g/mol. The molecule has 0 unspecified atom stereocenters. The molecule has 26 heavy (non-hydrogen) atoms. The maximum absolute atomic E-state index is 12.8. The van der Waals surface area contributed by atoms with E-state index < -0.39 is 10.0 Å². The number of hydrogen-bond acceptors (Lipinski definition) is 6. The second kappa shape index (κ2) is 7.73. The predicted molar refractivity (Wildman–Crippen MR) is 103 cm³/mol. The van der Waals surface area contributed by atoms with Crippen molar-refractivity contribution < 1.29 is 13.2 Å². The molecule has 140 valence electrons. The van der Waals surface area contributed by atoms with Gasteiger partial charge in [0.05, 0.1) is 10.5 Å². The summed E-state index contributed by atoms with van der Waals surface area (Å²) in [5.41, 5.74) is 1.11. The van der Waals surface area contributed by atoms with Crippen molar-refractivity contribution in [3.05, 3.63) is 35.3 Å². The average Bonchev–Trinajstić information content (AvgIpc) is 3.14. The van der Waals surface area contributed by atoms with Crippen molar-refractivity contribution in [2.45, 2.75) is 24.2 Å². The molecular formula is C17H22N4O3S2. The number of sulfonamides is 1. The second-order valence-electron chi connectivity index (χ2n) is 6.31. The summed E-state index contributed by atoms with van der Waals surface area (Å²) < 4.78 is 26.1. The number of nitrogens with zero attached hydrogens (tertiary/aromatic N) is 3. The lowest BCUT2D eigenvalue weighted by molar-refractivity contribution is 0.102. The Morgan fingerprint density at radius 1 is 1.23 bits per heavy atom. The lowest BCUT2D eigenvalue weighted by Crippen LogP contribution is -2.32. The molecule has 0 spiro atoms. The highest BCUT2D eigenvalue weighted by Gasteiger charge is 2.24. The van der Waals surface area contributed by atoms with Crippen LogP contribution in [0.1, 0.15) is 29.6 Å². The van der Waals surface area contributed by atoms with E-state index in [2.05, 4.69) is 15.2 Å². The van der Waals surface area contributed by atoms with Crippen molar-refractivity contribution in [1.82, 2.24) is 9.29 Å². The van der Waals surface area contributed by atoms with Gasteiger partial charge in [0.1, 0.15) is 0 Å². The first-order valence-corrected chi connectivity index (χ1v) is 10.7. The van der Waals surface area contributed by atoms with Gasteiger partial charge in [-0.2, -0.15) is 0 Å². The minimum absolute atomic E-state index is 0.104. The Kier molecular flexibility index (Phi) is 5.59. The van der Waals surface area contributed by atoms with Gasteiger partial charge in [-0.25, -0.2) is 17.7 Å². The largest absolute Gasteiger partial charge is 0.371 e. The van der Waals surface area contributed by atoms with E-state index >= 15 is 0 Å². The standard InChI is InChI=1S/C17H22N4O3S2/c1-20(2)26(23,24)13-6-7-15(21-9-4-3-5-10-21)14(12-13)16(22)19-17-18-8-11-25-17/h6-8,11-12H,3-5,9-10H2,1-2H3,(H,18,19,22). The van der Waals surface area contributed by atoms with E-state index in [0.29, 0.717) is 10.7 Å². The molecule has 9 heteroatoms. The van der Waals surface area contributed by atoms with Gasteiger partial charge in [-0.3, -0.25) is 10.1 Å². The summed E-state index contributed by atoms with van der Waals surface area (Å²) in [6.07, 6.45) is 4.90. The predicted octanol–water partition coefficient (Wildman–Crippen LogP) is 2.64. The summed E-state index contributed by atoms with van der Waals surface area (Å²) >= 11 is 1.32. The summed E-state index contributed by atoms with van der Waals surface area (Å²) in [7, 11) is -0.670. The van der Waals surface area contributed by atoms with Crippen molar-refractivity contribution in [3.8, 4) is 0 Å². The van der Waals surface area contributed by atoms with E-state index in [-0.39, 0.29) is 10.8 Å². The van der Waals surface area contributed by atoms with Crippen molar-refractivity contribution in [1.29, 1.82) is 0 Å². The number of nitrogens with one attached hydrogen (secondary N) is 1. The Morgan fingerprint density at radius 2 is 1.96 bits per heavy atom. The van der Waals surface area contributed by atoms with Crippen molar-refractivity contribution in [2.24, 2.45) is 0 Å². The molecule has 0 atom stereocenters. The molecule has 1 aromatic carbocycles. The van der Waals surface area contributed by atoms with Crippen LogP contribution in [0.2, 0.25) is 0 Å². The number of rotatable bonds is 5. The zero-order valence-corrected chi connectivity index (χ0v) is 16.4. The molecule has 1 fully saturated rings. The highest BCUT2D eigenvalue weighted by Crippen LogP contribution is 2.28. The fourth-order valence-electron chi connectivity index (χ4n) is 2.93. The highest BCUT2D eigenvalue weighted by molar-refractivity contribution is 7.89. The molecule has 2 heterocycles. The van der Waals surface area contributed by atoms with E-state index in [1.54, 1.807) is 23.7 Å². The number of carbonyl (C=O) groups is 1. The third-order valence-corrected chi connectivity index (χ3v) is 6.84. The molecular weight excluding hydrogens is 372 g/mol. The molecule has 0 aliphatic carbocycles. The van der Waals surface area contributed by atoms with E-state index in [1.165, 1.54) is 37.9 Å². The Morgan fingerprint density at radius 3 is 2.58 bits per heavy atom. The summed E-state index contributed by atoms with van der Waals surface area (Å²) in [6.45, 7) is 1.72. The number of thiazole rings is 1. The van der Waals surface area contributed by atoms with E-state index in [0.717, 1.165) is 35.9 Å². The minimum atomic E-state index is -3.62.